The molecule has 2 aliphatic heterocycles. The molecule has 0 spiro atoms. The Morgan fingerprint density at radius 2 is 1.82 bits per heavy atom. The molecule has 0 N–H and O–H groups in total. The Morgan fingerprint density at radius 1 is 1.14 bits per heavy atom. The number of rotatable bonds is 3. The van der Waals surface area contributed by atoms with Crippen molar-refractivity contribution in [2.24, 2.45) is 4.99 Å². The third-order valence-electron chi connectivity index (χ3n) is 4.18. The molecule has 2 aliphatic rings. The first-order chi connectivity index (χ1) is 10.7. The summed E-state index contributed by atoms with van der Waals surface area (Å²) in [4.78, 5) is 6.98. The summed E-state index contributed by atoms with van der Waals surface area (Å²) in [5, 5.41) is 0. The van der Waals surface area contributed by atoms with Crippen LogP contribution in [0.2, 0.25) is 0 Å². The fraction of sp³-hybridized carbons (Fsp3) is 0.438. The summed E-state index contributed by atoms with van der Waals surface area (Å²) in [6.45, 7) is 1.97. The summed E-state index contributed by atoms with van der Waals surface area (Å²) in [6, 6.07) is 7.82. The van der Waals surface area contributed by atoms with Gasteiger partial charge in [0.25, 0.3) is 0 Å². The molecular weight excluding hydrogens is 299 g/mol. The topological polar surface area (TPSA) is 51.1 Å². The van der Waals surface area contributed by atoms with Gasteiger partial charge in [-0.3, -0.25) is 4.57 Å². The molecule has 1 unspecified atom stereocenters. The number of amidine groups is 1. The largest absolute Gasteiger partial charge is 0.359 e. The van der Waals surface area contributed by atoms with E-state index in [0.717, 1.165) is 42.9 Å². The normalized spacial score (nSPS) is 21.5. The SMILES string of the molecule is COP(=O)(OC)C1N=C(N2CCCC2)C=Cc2ccccc21. The summed E-state index contributed by atoms with van der Waals surface area (Å²) in [6.07, 6.45) is 6.36. The minimum atomic E-state index is -3.35. The van der Waals surface area contributed by atoms with Crippen molar-refractivity contribution in [3.8, 4) is 0 Å². The highest BCUT2D eigenvalue weighted by atomic mass is 31.2. The van der Waals surface area contributed by atoms with E-state index in [-0.39, 0.29) is 0 Å². The second kappa shape index (κ2) is 6.37. The summed E-state index contributed by atoms with van der Waals surface area (Å²) >= 11 is 0. The molecule has 2 heterocycles. The first-order valence-electron chi connectivity index (χ1n) is 7.49. The number of hydrogen-bond donors (Lipinski definition) is 0. The van der Waals surface area contributed by atoms with Gasteiger partial charge in [-0.15, -0.1) is 0 Å². The molecule has 0 radical (unpaired) electrons. The van der Waals surface area contributed by atoms with Gasteiger partial charge in [-0.2, -0.15) is 0 Å². The highest BCUT2D eigenvalue weighted by Crippen LogP contribution is 2.61. The molecule has 6 heteroatoms. The first kappa shape index (κ1) is 15.5. The van der Waals surface area contributed by atoms with Gasteiger partial charge in [0, 0.05) is 27.3 Å². The lowest BCUT2D eigenvalue weighted by Crippen LogP contribution is -2.26. The van der Waals surface area contributed by atoms with E-state index in [1.165, 1.54) is 14.2 Å². The minimum Gasteiger partial charge on any atom is -0.357 e. The van der Waals surface area contributed by atoms with Gasteiger partial charge in [-0.05, 0) is 30.0 Å². The maximum Gasteiger partial charge on any atom is 0.359 e. The molecular formula is C16H21N2O3P. The molecule has 1 aromatic carbocycles. The highest BCUT2D eigenvalue weighted by molar-refractivity contribution is 7.54. The van der Waals surface area contributed by atoms with Crippen LogP contribution in [0.25, 0.3) is 6.08 Å². The molecule has 118 valence electrons. The lowest BCUT2D eigenvalue weighted by atomic mass is 10.1. The average Bonchev–Trinajstić information content (AvgIpc) is 3.02. The standard InChI is InChI=1S/C16H21N2O3P/c1-20-22(19,21-2)16-14-8-4-3-7-13(14)9-10-15(17-16)18-11-5-6-12-18/h3-4,7-10,16H,5-6,11-12H2,1-2H3. The zero-order valence-corrected chi connectivity index (χ0v) is 13.8. The van der Waals surface area contributed by atoms with Gasteiger partial charge in [0.05, 0.1) is 0 Å². The van der Waals surface area contributed by atoms with Crippen LogP contribution >= 0.6 is 7.60 Å². The van der Waals surface area contributed by atoms with Crippen LogP contribution in [0.1, 0.15) is 29.8 Å². The summed E-state index contributed by atoms with van der Waals surface area (Å²) < 4.78 is 23.4. The zero-order chi connectivity index (χ0) is 15.6. The van der Waals surface area contributed by atoms with Gasteiger partial charge in [0.15, 0.2) is 5.78 Å². The predicted octanol–water partition coefficient (Wildman–Crippen LogP) is 3.69. The number of aliphatic imine (C=N–C) groups is 1. The quantitative estimate of drug-likeness (QED) is 0.797. The second-order valence-electron chi connectivity index (χ2n) is 5.42. The Labute approximate surface area is 131 Å². The number of nitrogens with zero attached hydrogens (tertiary/aromatic N) is 2. The van der Waals surface area contributed by atoms with E-state index < -0.39 is 13.4 Å². The number of benzene rings is 1. The fourth-order valence-electron chi connectivity index (χ4n) is 2.95. The van der Waals surface area contributed by atoms with Crippen molar-refractivity contribution >= 4 is 19.5 Å². The summed E-state index contributed by atoms with van der Waals surface area (Å²) in [5.41, 5.74) is 1.87. The Balaban J connectivity index is 2.09. The highest BCUT2D eigenvalue weighted by Gasteiger charge is 2.38. The maximum absolute atomic E-state index is 13.0. The van der Waals surface area contributed by atoms with E-state index in [9.17, 15) is 4.57 Å². The monoisotopic (exact) mass is 320 g/mol. The van der Waals surface area contributed by atoms with Crippen LogP contribution in [-0.2, 0) is 13.6 Å². The van der Waals surface area contributed by atoms with E-state index in [4.69, 9.17) is 14.0 Å². The smallest absolute Gasteiger partial charge is 0.357 e. The van der Waals surface area contributed by atoms with E-state index in [2.05, 4.69) is 4.90 Å². The van der Waals surface area contributed by atoms with Gasteiger partial charge in [0.2, 0.25) is 0 Å². The van der Waals surface area contributed by atoms with Crippen molar-refractivity contribution in [1.82, 2.24) is 4.90 Å². The van der Waals surface area contributed by atoms with Gasteiger partial charge in [-0.25, -0.2) is 4.99 Å². The first-order valence-corrected chi connectivity index (χ1v) is 9.10. The van der Waals surface area contributed by atoms with E-state index >= 15 is 0 Å². The van der Waals surface area contributed by atoms with Crippen LogP contribution in [0.15, 0.2) is 35.3 Å². The molecule has 22 heavy (non-hydrogen) atoms. The molecule has 5 nitrogen and oxygen atoms in total. The molecule has 0 aliphatic carbocycles. The van der Waals surface area contributed by atoms with Crippen LogP contribution in [0, 0.1) is 0 Å². The van der Waals surface area contributed by atoms with E-state index in [1.807, 2.05) is 36.4 Å². The molecule has 1 aromatic rings. The number of hydrogen-bond acceptors (Lipinski definition) is 5. The van der Waals surface area contributed by atoms with Crippen molar-refractivity contribution in [2.75, 3.05) is 27.3 Å². The van der Waals surface area contributed by atoms with Crippen molar-refractivity contribution in [3.63, 3.8) is 0 Å². The third-order valence-corrected chi connectivity index (χ3v) is 6.19. The molecule has 1 atom stereocenters. The Morgan fingerprint density at radius 3 is 2.50 bits per heavy atom. The molecule has 3 rings (SSSR count). The third kappa shape index (κ3) is 2.76. The summed E-state index contributed by atoms with van der Waals surface area (Å²) in [5.74, 6) is 0.220. The van der Waals surface area contributed by atoms with E-state index in [0.29, 0.717) is 0 Å². The molecule has 1 fully saturated rings. The van der Waals surface area contributed by atoms with Crippen LogP contribution in [0.3, 0.4) is 0 Å². The van der Waals surface area contributed by atoms with Crippen molar-refractivity contribution in [2.45, 2.75) is 18.6 Å². The molecule has 1 saturated heterocycles. The predicted molar refractivity (Wildman–Crippen MR) is 88.1 cm³/mol. The zero-order valence-electron chi connectivity index (χ0n) is 12.9. The van der Waals surface area contributed by atoms with Gasteiger partial charge < -0.3 is 13.9 Å². The van der Waals surface area contributed by atoms with Gasteiger partial charge >= 0.3 is 7.60 Å². The Bertz CT molecular complexity index is 643. The van der Waals surface area contributed by atoms with Crippen LogP contribution in [0.5, 0.6) is 0 Å². The second-order valence-corrected chi connectivity index (χ2v) is 7.72. The Kier molecular flexibility index (Phi) is 4.48. The molecule has 0 aromatic heterocycles. The lowest BCUT2D eigenvalue weighted by Gasteiger charge is -2.24. The van der Waals surface area contributed by atoms with Gasteiger partial charge in [0.1, 0.15) is 5.84 Å². The molecule has 0 saturated carbocycles. The van der Waals surface area contributed by atoms with Crippen molar-refractivity contribution in [1.29, 1.82) is 0 Å². The van der Waals surface area contributed by atoms with Gasteiger partial charge in [-0.1, -0.05) is 30.3 Å². The average molecular weight is 320 g/mol. The van der Waals surface area contributed by atoms with Crippen LogP contribution < -0.4 is 0 Å². The number of likely N-dealkylation sites (tertiary alicyclic amines) is 1. The molecule has 0 bridgehead atoms. The Hall–Kier alpha value is -1.42. The van der Waals surface area contributed by atoms with Crippen LogP contribution in [-0.4, -0.2) is 38.0 Å². The number of fused-ring (bicyclic) bond motifs is 1. The fourth-order valence-corrected chi connectivity index (χ4v) is 4.33. The minimum absolute atomic E-state index is 0.635. The summed E-state index contributed by atoms with van der Waals surface area (Å²) in [7, 11) is -0.523. The van der Waals surface area contributed by atoms with E-state index in [1.54, 1.807) is 0 Å². The molecule has 0 amide bonds. The lowest BCUT2D eigenvalue weighted by molar-refractivity contribution is 0.266. The van der Waals surface area contributed by atoms with Crippen LogP contribution in [0.4, 0.5) is 0 Å². The van der Waals surface area contributed by atoms with Crippen molar-refractivity contribution < 1.29 is 13.6 Å². The maximum atomic E-state index is 13.0. The van der Waals surface area contributed by atoms with Crippen molar-refractivity contribution in [3.05, 3.63) is 41.5 Å².